The van der Waals surface area contributed by atoms with Gasteiger partial charge in [0.25, 0.3) is 0 Å². The number of unbranched alkanes of at least 4 members (excludes halogenated alkanes) is 11. The smallest absolute Gasteiger partial charge is 0.228 e. The fraction of sp³-hybridized carbons (Fsp3) is 0.583. The van der Waals surface area contributed by atoms with Crippen LogP contribution in [0.25, 0.3) is 0 Å². The van der Waals surface area contributed by atoms with E-state index in [1.54, 1.807) is 11.8 Å². The molecular formula is C36H55BrN2O2S. The van der Waals surface area contributed by atoms with Gasteiger partial charge in [-0.25, -0.2) is 0 Å². The second-order valence-corrected chi connectivity index (χ2v) is 13.4. The molecule has 0 spiro atoms. The number of hydrogen-bond donors (Lipinski definition) is 1. The first kappa shape index (κ1) is 36.3. The Morgan fingerprint density at radius 3 is 2.14 bits per heavy atom. The highest BCUT2D eigenvalue weighted by Gasteiger charge is 2.18. The lowest BCUT2D eigenvalue weighted by Crippen LogP contribution is -2.19. The van der Waals surface area contributed by atoms with Gasteiger partial charge in [-0.05, 0) is 40.5 Å². The number of ether oxygens (including phenoxy) is 1. The van der Waals surface area contributed by atoms with Crippen molar-refractivity contribution in [1.82, 2.24) is 4.90 Å². The first-order valence-corrected chi connectivity index (χ1v) is 17.1. The van der Waals surface area contributed by atoms with Crippen LogP contribution in [0.2, 0.25) is 0 Å². The second kappa shape index (κ2) is 20.1. The fourth-order valence-corrected chi connectivity index (χ4v) is 5.92. The Balaban J connectivity index is 0.00000616. The van der Waals surface area contributed by atoms with Gasteiger partial charge in [0, 0.05) is 24.0 Å². The van der Waals surface area contributed by atoms with Crippen LogP contribution in [0.3, 0.4) is 0 Å². The monoisotopic (exact) mass is 658 g/mol. The largest absolute Gasteiger partial charge is 0.493 e. The highest BCUT2D eigenvalue weighted by atomic mass is 79.9. The maximum Gasteiger partial charge on any atom is 0.228 e. The predicted molar refractivity (Wildman–Crippen MR) is 188 cm³/mol. The molecule has 2 aromatic carbocycles. The summed E-state index contributed by atoms with van der Waals surface area (Å²) < 4.78 is 6.33. The molecule has 6 heteroatoms. The van der Waals surface area contributed by atoms with Gasteiger partial charge in [-0.2, -0.15) is 0 Å². The molecule has 0 aromatic heterocycles. The highest BCUT2D eigenvalue weighted by molar-refractivity contribution is 8.93. The Hall–Kier alpha value is -1.92. The van der Waals surface area contributed by atoms with Gasteiger partial charge < -0.3 is 15.0 Å². The van der Waals surface area contributed by atoms with Crippen molar-refractivity contribution in [2.75, 3.05) is 17.8 Å². The average molecular weight is 660 g/mol. The molecule has 0 radical (unpaired) electrons. The van der Waals surface area contributed by atoms with E-state index in [0.717, 1.165) is 41.4 Å². The summed E-state index contributed by atoms with van der Waals surface area (Å²) in [6.07, 6.45) is 18.4. The summed E-state index contributed by atoms with van der Waals surface area (Å²) in [5.74, 6) is 1.79. The minimum absolute atomic E-state index is 0. The summed E-state index contributed by atoms with van der Waals surface area (Å²) in [7, 11) is 0. The first-order chi connectivity index (χ1) is 19.9. The second-order valence-electron chi connectivity index (χ2n) is 12.5. The predicted octanol–water partition coefficient (Wildman–Crippen LogP) is 10.8. The van der Waals surface area contributed by atoms with E-state index in [1.165, 1.54) is 76.2 Å². The van der Waals surface area contributed by atoms with Gasteiger partial charge >= 0.3 is 0 Å². The van der Waals surface area contributed by atoms with Gasteiger partial charge in [-0.1, -0.05) is 129 Å². The van der Waals surface area contributed by atoms with Crippen LogP contribution in [0.4, 0.5) is 5.69 Å². The molecule has 1 heterocycles. The number of thioether (sulfide) groups is 1. The molecule has 1 aliphatic heterocycles. The van der Waals surface area contributed by atoms with Crippen LogP contribution >= 0.6 is 28.7 Å². The Morgan fingerprint density at radius 2 is 1.52 bits per heavy atom. The summed E-state index contributed by atoms with van der Waals surface area (Å²) in [5.41, 5.74) is 4.21. The Kier molecular flexibility index (Phi) is 17.4. The van der Waals surface area contributed by atoms with E-state index >= 15 is 0 Å². The zero-order chi connectivity index (χ0) is 29.3. The number of benzene rings is 2. The molecule has 42 heavy (non-hydrogen) atoms. The van der Waals surface area contributed by atoms with Crippen molar-refractivity contribution >= 4 is 40.3 Å². The molecule has 234 valence electrons. The summed E-state index contributed by atoms with van der Waals surface area (Å²) in [5, 5.41) is 5.28. The minimum Gasteiger partial charge on any atom is -0.493 e. The van der Waals surface area contributed by atoms with Crippen LogP contribution in [0.1, 0.15) is 121 Å². The van der Waals surface area contributed by atoms with Crippen molar-refractivity contribution in [3.8, 4) is 5.75 Å². The fourth-order valence-electron chi connectivity index (χ4n) is 5.20. The number of halogens is 1. The molecular weight excluding hydrogens is 604 g/mol. The van der Waals surface area contributed by atoms with E-state index in [-0.39, 0.29) is 28.3 Å². The van der Waals surface area contributed by atoms with Crippen LogP contribution in [-0.4, -0.2) is 23.3 Å². The van der Waals surface area contributed by atoms with Crippen molar-refractivity contribution in [3.05, 3.63) is 70.8 Å². The molecule has 0 bridgehead atoms. The summed E-state index contributed by atoms with van der Waals surface area (Å²) in [6.45, 7) is 10.4. The van der Waals surface area contributed by atoms with Gasteiger partial charge in [0.15, 0.2) is 0 Å². The number of rotatable bonds is 19. The average Bonchev–Trinajstić information content (AvgIpc) is 3.45. The molecule has 0 aliphatic carbocycles. The molecule has 0 fully saturated rings. The van der Waals surface area contributed by atoms with E-state index in [2.05, 4.69) is 73.8 Å². The van der Waals surface area contributed by atoms with Crippen LogP contribution < -0.4 is 10.1 Å². The normalized spacial score (nSPS) is 12.8. The van der Waals surface area contributed by atoms with Crippen LogP contribution in [-0.2, 0) is 23.2 Å². The van der Waals surface area contributed by atoms with Crippen molar-refractivity contribution in [3.63, 3.8) is 0 Å². The molecule has 1 N–H and O–H groups in total. The molecule has 3 rings (SSSR count). The maximum absolute atomic E-state index is 13.2. The minimum atomic E-state index is -0.0116. The summed E-state index contributed by atoms with van der Waals surface area (Å²) in [4.78, 5) is 15.4. The summed E-state index contributed by atoms with van der Waals surface area (Å²) in [6, 6.07) is 14.5. The molecule has 1 aliphatic rings. The van der Waals surface area contributed by atoms with Crippen molar-refractivity contribution in [2.24, 2.45) is 0 Å². The van der Waals surface area contributed by atoms with E-state index in [4.69, 9.17) is 4.74 Å². The number of nitrogens with one attached hydrogen (secondary N) is 1. The van der Waals surface area contributed by atoms with E-state index in [0.29, 0.717) is 13.0 Å². The zero-order valence-electron chi connectivity index (χ0n) is 26.6. The zero-order valence-corrected chi connectivity index (χ0v) is 29.1. The number of para-hydroxylation sites is 1. The van der Waals surface area contributed by atoms with Gasteiger partial charge in [0.05, 0.1) is 18.9 Å². The number of hydrogen-bond acceptors (Lipinski definition) is 4. The number of nitrogens with zero attached hydrogens (tertiary/aromatic N) is 1. The van der Waals surface area contributed by atoms with Gasteiger partial charge in [-0.3, -0.25) is 4.79 Å². The topological polar surface area (TPSA) is 41.6 Å². The third kappa shape index (κ3) is 13.6. The highest BCUT2D eigenvalue weighted by Crippen LogP contribution is 2.30. The first-order valence-electron chi connectivity index (χ1n) is 16.0. The van der Waals surface area contributed by atoms with Crippen molar-refractivity contribution in [1.29, 1.82) is 0 Å². The van der Waals surface area contributed by atoms with Gasteiger partial charge in [0.1, 0.15) is 5.75 Å². The Bertz CT molecular complexity index is 1080. The number of anilines is 1. The van der Waals surface area contributed by atoms with Crippen LogP contribution in [0.5, 0.6) is 5.75 Å². The standard InChI is InChI=1S/C36H54N2O2S.BrH/c1-5-6-7-8-9-10-11-12-13-14-15-18-24-40-34-27-32(36(2,3)4)22-21-30(34)26-35(39)37-33-20-17-16-19-31(33)28-38-23-25-41-29-38;/h16-17,19-23,25,27H,5-15,18,24,26,28-29H2,1-4H3,(H,37,39);1H. The van der Waals surface area contributed by atoms with Gasteiger partial charge in [0.2, 0.25) is 5.91 Å². The van der Waals surface area contributed by atoms with Gasteiger partial charge in [-0.15, -0.1) is 28.7 Å². The summed E-state index contributed by atoms with van der Waals surface area (Å²) >= 11 is 1.79. The van der Waals surface area contributed by atoms with E-state index in [9.17, 15) is 4.79 Å². The molecule has 0 unspecified atom stereocenters. The maximum atomic E-state index is 13.2. The Labute approximate surface area is 271 Å². The van der Waals surface area contributed by atoms with E-state index < -0.39 is 0 Å². The molecule has 0 saturated heterocycles. The van der Waals surface area contributed by atoms with Crippen molar-refractivity contribution < 1.29 is 9.53 Å². The third-order valence-corrected chi connectivity index (χ3v) is 8.61. The number of carbonyl (C=O) groups excluding carboxylic acids is 1. The SMILES string of the molecule is Br.CCCCCCCCCCCCCCOc1cc(C(C)(C)C)ccc1CC(=O)Nc1ccccc1CN1C=CSC1. The lowest BCUT2D eigenvalue weighted by molar-refractivity contribution is -0.115. The third-order valence-electron chi connectivity index (χ3n) is 7.81. The molecule has 0 atom stereocenters. The van der Waals surface area contributed by atoms with Crippen LogP contribution in [0, 0.1) is 0 Å². The number of carbonyl (C=O) groups is 1. The lowest BCUT2D eigenvalue weighted by atomic mass is 9.86. The molecule has 2 aromatic rings. The molecule has 0 saturated carbocycles. The van der Waals surface area contributed by atoms with Crippen LogP contribution in [0.15, 0.2) is 54.1 Å². The van der Waals surface area contributed by atoms with Crippen molar-refractivity contribution in [2.45, 2.75) is 123 Å². The quantitative estimate of drug-likeness (QED) is 0.152. The van der Waals surface area contributed by atoms with E-state index in [1.807, 2.05) is 18.2 Å². The molecule has 1 amide bonds. The Morgan fingerprint density at radius 1 is 0.881 bits per heavy atom. The number of amides is 1. The molecule has 4 nitrogen and oxygen atoms in total. The lowest BCUT2D eigenvalue weighted by Gasteiger charge is -2.22.